The average Bonchev–Trinajstić information content (AvgIpc) is 2.87. The highest BCUT2D eigenvalue weighted by molar-refractivity contribution is 6.25. The van der Waals surface area contributed by atoms with Gasteiger partial charge in [0.1, 0.15) is 5.75 Å². The predicted molar refractivity (Wildman–Crippen MR) is 144 cm³/mol. The molecule has 2 aliphatic rings. The van der Waals surface area contributed by atoms with Crippen LogP contribution >= 0.6 is 0 Å². The van der Waals surface area contributed by atoms with Crippen LogP contribution in [-0.4, -0.2) is 66.8 Å². The molecule has 1 aromatic carbocycles. The monoisotopic (exact) mass is 491 g/mol. The molecule has 0 radical (unpaired) electrons. The number of allylic oxidation sites excluding steroid dienone is 2. The Morgan fingerprint density at radius 1 is 1.25 bits per heavy atom. The summed E-state index contributed by atoms with van der Waals surface area (Å²) in [5.74, 6) is 1.10. The second kappa shape index (κ2) is 11.1. The van der Waals surface area contributed by atoms with Crippen LogP contribution in [0.5, 0.6) is 5.75 Å². The van der Waals surface area contributed by atoms with E-state index in [9.17, 15) is 4.79 Å². The number of nitrogens with one attached hydrogen (secondary N) is 2. The number of carbonyl (C=O) groups is 1. The summed E-state index contributed by atoms with van der Waals surface area (Å²) in [5, 5.41) is 6.41. The number of aryl methyl sites for hydroxylation is 1. The van der Waals surface area contributed by atoms with Crippen molar-refractivity contribution in [2.45, 2.75) is 45.6 Å². The number of anilines is 2. The molecule has 0 spiro atoms. The van der Waals surface area contributed by atoms with E-state index < -0.39 is 0 Å². The molecule has 2 aromatic rings. The summed E-state index contributed by atoms with van der Waals surface area (Å²) in [5.41, 5.74) is 12.2. The van der Waals surface area contributed by atoms with Gasteiger partial charge in [-0.1, -0.05) is 13.8 Å². The fourth-order valence-corrected chi connectivity index (χ4v) is 4.84. The topological polar surface area (TPSA) is 118 Å². The van der Waals surface area contributed by atoms with Crippen LogP contribution in [-0.2, 0) is 6.42 Å². The van der Waals surface area contributed by atoms with Gasteiger partial charge in [0.05, 0.1) is 18.5 Å². The van der Waals surface area contributed by atoms with Gasteiger partial charge in [-0.3, -0.25) is 9.79 Å². The van der Waals surface area contributed by atoms with Gasteiger partial charge in [0.2, 0.25) is 5.95 Å². The minimum Gasteiger partial charge on any atom is -0.495 e. The predicted octanol–water partition coefficient (Wildman–Crippen LogP) is 3.40. The molecule has 2 heterocycles. The maximum atomic E-state index is 12.9. The van der Waals surface area contributed by atoms with E-state index in [1.54, 1.807) is 26.3 Å². The third kappa shape index (κ3) is 5.51. The Morgan fingerprint density at radius 3 is 2.67 bits per heavy atom. The summed E-state index contributed by atoms with van der Waals surface area (Å²) in [6.45, 7) is 6.19. The summed E-state index contributed by atoms with van der Waals surface area (Å²) in [6.07, 6.45) is 5.32. The van der Waals surface area contributed by atoms with Crippen LogP contribution in [0.2, 0.25) is 0 Å². The molecule has 9 nitrogen and oxygen atoms in total. The number of aliphatic imine (C=N–C) groups is 1. The first kappa shape index (κ1) is 25.6. The van der Waals surface area contributed by atoms with Crippen molar-refractivity contribution in [3.8, 4) is 5.75 Å². The normalized spacial score (nSPS) is 17.2. The minimum atomic E-state index is -0.0928. The molecule has 1 fully saturated rings. The quantitative estimate of drug-likeness (QED) is 0.508. The Balaban J connectivity index is 1.56. The van der Waals surface area contributed by atoms with Crippen LogP contribution in [0.3, 0.4) is 0 Å². The van der Waals surface area contributed by atoms with Crippen molar-refractivity contribution in [3.05, 3.63) is 46.9 Å². The Kier molecular flexibility index (Phi) is 7.88. The molecule has 0 bridgehead atoms. The van der Waals surface area contributed by atoms with Crippen LogP contribution in [0.4, 0.5) is 11.6 Å². The van der Waals surface area contributed by atoms with Gasteiger partial charge in [-0.25, -0.2) is 9.97 Å². The van der Waals surface area contributed by atoms with E-state index in [1.807, 2.05) is 12.3 Å². The molecule has 0 atom stereocenters. The van der Waals surface area contributed by atoms with Crippen LogP contribution in [0, 0.1) is 5.92 Å². The van der Waals surface area contributed by atoms with Gasteiger partial charge >= 0.3 is 0 Å². The number of aromatic nitrogens is 2. The van der Waals surface area contributed by atoms with Crippen LogP contribution in [0.25, 0.3) is 5.57 Å². The van der Waals surface area contributed by atoms with Gasteiger partial charge in [0.25, 0.3) is 5.91 Å². The van der Waals surface area contributed by atoms with E-state index in [0.29, 0.717) is 22.9 Å². The van der Waals surface area contributed by atoms with Crippen molar-refractivity contribution in [1.29, 1.82) is 0 Å². The molecular formula is C27H37N7O2. The van der Waals surface area contributed by atoms with Gasteiger partial charge in [-0.05, 0) is 75.5 Å². The van der Waals surface area contributed by atoms with Gasteiger partial charge in [0.15, 0.2) is 0 Å². The summed E-state index contributed by atoms with van der Waals surface area (Å²) >= 11 is 0. The molecule has 192 valence electrons. The number of methoxy groups -OCH3 is 1. The maximum Gasteiger partial charge on any atom is 0.251 e. The van der Waals surface area contributed by atoms with E-state index in [0.717, 1.165) is 67.0 Å². The molecular weight excluding hydrogens is 454 g/mol. The van der Waals surface area contributed by atoms with Crippen molar-refractivity contribution in [2.24, 2.45) is 16.6 Å². The molecule has 1 aliphatic heterocycles. The van der Waals surface area contributed by atoms with E-state index in [-0.39, 0.29) is 17.9 Å². The smallest absolute Gasteiger partial charge is 0.251 e. The number of ether oxygens (including phenoxy) is 1. The number of hydrogen-bond acceptors (Lipinski definition) is 8. The standard InChI is InChI=1S/C27H37N7O2/c1-16(2)24(29-3)23-20(28)8-6-18-15-30-27(33-25(18)23)32-21-9-7-17(14-22(21)36-5)26(35)31-19-10-12-34(4)13-11-19/h7,9,14-16,19H,6,8,10-13,28H2,1-5H3,(H,31,35)(H,30,32,33). The van der Waals surface area contributed by atoms with Crippen molar-refractivity contribution >= 4 is 28.8 Å². The van der Waals surface area contributed by atoms with E-state index in [1.165, 1.54) is 0 Å². The lowest BCUT2D eigenvalue weighted by molar-refractivity contribution is 0.0916. The van der Waals surface area contributed by atoms with Crippen molar-refractivity contribution in [1.82, 2.24) is 20.2 Å². The molecule has 0 unspecified atom stereocenters. The van der Waals surface area contributed by atoms with Crippen molar-refractivity contribution in [2.75, 3.05) is 39.6 Å². The van der Waals surface area contributed by atoms with Gasteiger partial charge in [-0.15, -0.1) is 0 Å². The highest BCUT2D eigenvalue weighted by Crippen LogP contribution is 2.33. The van der Waals surface area contributed by atoms with E-state index >= 15 is 0 Å². The molecule has 1 amide bonds. The summed E-state index contributed by atoms with van der Waals surface area (Å²) in [6, 6.07) is 5.55. The fraction of sp³-hybridized carbons (Fsp3) is 0.481. The number of piperidine rings is 1. The number of carbonyl (C=O) groups excluding carboxylic acids is 1. The minimum absolute atomic E-state index is 0.0928. The molecule has 1 aromatic heterocycles. The molecule has 0 saturated carbocycles. The van der Waals surface area contributed by atoms with Crippen LogP contribution in [0.15, 0.2) is 35.1 Å². The Bertz CT molecular complexity index is 1180. The number of nitrogens with two attached hydrogens (primary N) is 1. The number of hydrogen-bond donors (Lipinski definition) is 3. The third-order valence-corrected chi connectivity index (χ3v) is 6.89. The summed E-state index contributed by atoms with van der Waals surface area (Å²) in [7, 11) is 5.48. The Morgan fingerprint density at radius 2 is 2.00 bits per heavy atom. The summed E-state index contributed by atoms with van der Waals surface area (Å²) in [4.78, 5) is 29.0. The van der Waals surface area contributed by atoms with Crippen molar-refractivity contribution in [3.63, 3.8) is 0 Å². The highest BCUT2D eigenvalue weighted by atomic mass is 16.5. The highest BCUT2D eigenvalue weighted by Gasteiger charge is 2.26. The number of nitrogens with zero attached hydrogens (tertiary/aromatic N) is 4. The lowest BCUT2D eigenvalue weighted by Gasteiger charge is -2.29. The fourth-order valence-electron chi connectivity index (χ4n) is 4.84. The number of benzene rings is 1. The first-order chi connectivity index (χ1) is 17.3. The van der Waals surface area contributed by atoms with E-state index in [2.05, 4.69) is 46.4 Å². The number of fused-ring (bicyclic) bond motifs is 1. The average molecular weight is 492 g/mol. The van der Waals surface area contributed by atoms with Crippen molar-refractivity contribution < 1.29 is 9.53 Å². The zero-order valence-electron chi connectivity index (χ0n) is 21.9. The third-order valence-electron chi connectivity index (χ3n) is 6.89. The van der Waals surface area contributed by atoms with Crippen LogP contribution < -0.4 is 21.1 Å². The van der Waals surface area contributed by atoms with Gasteiger partial charge in [-0.2, -0.15) is 0 Å². The lowest BCUT2D eigenvalue weighted by atomic mass is 9.87. The molecule has 1 saturated heterocycles. The molecule has 4 rings (SSSR count). The number of amides is 1. The molecule has 4 N–H and O–H groups in total. The Labute approximate surface area is 213 Å². The number of likely N-dealkylation sites (tertiary alicyclic amines) is 1. The number of rotatable bonds is 7. The zero-order valence-corrected chi connectivity index (χ0v) is 21.9. The SMILES string of the molecule is CN=C(C1=C(N)CCc2cnc(Nc3ccc(C(=O)NC4CCN(C)CC4)cc3OC)nc21)C(C)C. The first-order valence-corrected chi connectivity index (χ1v) is 12.6. The largest absolute Gasteiger partial charge is 0.495 e. The van der Waals surface area contributed by atoms with Gasteiger partial charge < -0.3 is 26.0 Å². The molecule has 36 heavy (non-hydrogen) atoms. The zero-order chi connectivity index (χ0) is 25.8. The van der Waals surface area contributed by atoms with E-state index in [4.69, 9.17) is 15.5 Å². The van der Waals surface area contributed by atoms with Crippen LogP contribution in [0.1, 0.15) is 54.7 Å². The molecule has 1 aliphatic carbocycles. The van der Waals surface area contributed by atoms with Gasteiger partial charge in [0, 0.05) is 41.8 Å². The second-order valence-electron chi connectivity index (χ2n) is 9.82. The lowest BCUT2D eigenvalue weighted by Crippen LogP contribution is -2.43. The second-order valence-corrected chi connectivity index (χ2v) is 9.82. The maximum absolute atomic E-state index is 12.9. The molecule has 9 heteroatoms. The summed E-state index contributed by atoms with van der Waals surface area (Å²) < 4.78 is 5.60. The Hall–Kier alpha value is -3.46. The first-order valence-electron chi connectivity index (χ1n) is 12.6.